The fraction of sp³-hybridized carbons (Fsp3) is 0.400. The lowest BCUT2D eigenvalue weighted by atomic mass is 9.72. The molecule has 2 amide bonds. The Bertz CT molecular complexity index is 1140. The molecule has 2 heterocycles. The number of aryl methyl sites for hydroxylation is 1. The number of amides is 2. The number of nitrogens with one attached hydrogen (secondary N) is 1. The standard InChI is InChI=1S/C25H27BrN2O5/c1-5-14(3)25(24(31)32)20-19(21(27-25)16-12-15(26)10-11-18(16)33-4)22(29)28(23(20)30)17-9-7-6-8-13(17)2/h6-12,14,19-21,27H,5H2,1-4H3,(H,31,32). The van der Waals surface area contributed by atoms with E-state index in [2.05, 4.69) is 21.2 Å². The topological polar surface area (TPSA) is 95.9 Å². The Balaban J connectivity index is 1.95. The Kier molecular flexibility index (Phi) is 6.09. The minimum Gasteiger partial charge on any atom is -0.496 e. The number of hydrogen-bond donors (Lipinski definition) is 2. The number of anilines is 1. The van der Waals surface area contributed by atoms with E-state index in [0.29, 0.717) is 23.4 Å². The first-order valence-corrected chi connectivity index (χ1v) is 11.8. The second-order valence-corrected chi connectivity index (χ2v) is 9.71. The molecule has 0 bridgehead atoms. The van der Waals surface area contributed by atoms with Crippen LogP contribution in [0.15, 0.2) is 46.9 Å². The van der Waals surface area contributed by atoms with Crippen molar-refractivity contribution in [2.24, 2.45) is 17.8 Å². The summed E-state index contributed by atoms with van der Waals surface area (Å²) < 4.78 is 6.32. The molecule has 0 aromatic heterocycles. The van der Waals surface area contributed by atoms with E-state index in [9.17, 15) is 19.5 Å². The van der Waals surface area contributed by atoms with Crippen LogP contribution in [0, 0.1) is 24.7 Å². The van der Waals surface area contributed by atoms with Gasteiger partial charge in [-0.1, -0.05) is 54.4 Å². The monoisotopic (exact) mass is 514 g/mol. The highest BCUT2D eigenvalue weighted by molar-refractivity contribution is 9.10. The average molecular weight is 515 g/mol. The van der Waals surface area contributed by atoms with Crippen LogP contribution in [0.2, 0.25) is 0 Å². The maximum absolute atomic E-state index is 13.9. The van der Waals surface area contributed by atoms with Gasteiger partial charge < -0.3 is 9.84 Å². The lowest BCUT2D eigenvalue weighted by molar-refractivity contribution is -0.151. The zero-order valence-electron chi connectivity index (χ0n) is 19.0. The van der Waals surface area contributed by atoms with Crippen LogP contribution in [0.25, 0.3) is 0 Å². The van der Waals surface area contributed by atoms with Crippen molar-refractivity contribution in [2.45, 2.75) is 38.8 Å². The molecule has 33 heavy (non-hydrogen) atoms. The highest BCUT2D eigenvalue weighted by Crippen LogP contribution is 2.54. The van der Waals surface area contributed by atoms with Gasteiger partial charge in [-0.25, -0.2) is 4.90 Å². The molecule has 2 fully saturated rings. The number of carbonyl (C=O) groups is 3. The van der Waals surface area contributed by atoms with Gasteiger partial charge in [-0.3, -0.25) is 19.7 Å². The van der Waals surface area contributed by atoms with Crippen molar-refractivity contribution in [3.63, 3.8) is 0 Å². The van der Waals surface area contributed by atoms with E-state index in [1.54, 1.807) is 18.2 Å². The minimum atomic E-state index is -1.60. The van der Waals surface area contributed by atoms with E-state index in [4.69, 9.17) is 4.74 Å². The van der Waals surface area contributed by atoms with E-state index in [-0.39, 0.29) is 0 Å². The van der Waals surface area contributed by atoms with Crippen molar-refractivity contribution in [1.82, 2.24) is 5.32 Å². The summed E-state index contributed by atoms with van der Waals surface area (Å²) in [4.78, 5) is 41.7. The summed E-state index contributed by atoms with van der Waals surface area (Å²) in [7, 11) is 1.53. The number of fused-ring (bicyclic) bond motifs is 1. The Hall–Kier alpha value is -2.71. The molecule has 5 atom stereocenters. The number of nitrogens with zero attached hydrogens (tertiary/aromatic N) is 1. The van der Waals surface area contributed by atoms with Gasteiger partial charge in [0.15, 0.2) is 0 Å². The van der Waals surface area contributed by atoms with Gasteiger partial charge in [0.05, 0.1) is 24.6 Å². The molecule has 2 N–H and O–H groups in total. The molecule has 2 aliphatic rings. The number of carbonyl (C=O) groups excluding carboxylic acids is 2. The van der Waals surface area contributed by atoms with Crippen molar-refractivity contribution in [2.75, 3.05) is 12.0 Å². The Morgan fingerprint density at radius 2 is 1.94 bits per heavy atom. The average Bonchev–Trinajstić information content (AvgIpc) is 3.28. The van der Waals surface area contributed by atoms with E-state index >= 15 is 0 Å². The van der Waals surface area contributed by atoms with E-state index < -0.39 is 47.1 Å². The summed E-state index contributed by atoms with van der Waals surface area (Å²) in [6.07, 6.45) is 0.524. The Labute approximate surface area is 201 Å². The van der Waals surface area contributed by atoms with E-state index in [1.807, 2.05) is 45.0 Å². The second-order valence-electron chi connectivity index (χ2n) is 8.79. The SMILES string of the molecule is CCC(C)C1(C(=O)O)NC(c2cc(Br)ccc2OC)C2C(=O)N(c3ccccc3C)C(=O)C21. The number of imide groups is 1. The summed E-state index contributed by atoms with van der Waals surface area (Å²) in [6, 6.07) is 11.8. The molecule has 0 spiro atoms. The number of ether oxygens (including phenoxy) is 1. The molecule has 8 heteroatoms. The lowest BCUT2D eigenvalue weighted by Gasteiger charge is -2.36. The number of halogens is 1. The minimum absolute atomic E-state index is 0.398. The highest BCUT2D eigenvalue weighted by Gasteiger charge is 2.70. The van der Waals surface area contributed by atoms with Crippen molar-refractivity contribution in [1.29, 1.82) is 0 Å². The summed E-state index contributed by atoms with van der Waals surface area (Å²) in [5.41, 5.74) is 0.307. The van der Waals surface area contributed by atoms with Crippen molar-refractivity contribution in [3.05, 3.63) is 58.1 Å². The lowest BCUT2D eigenvalue weighted by Crippen LogP contribution is -2.59. The summed E-state index contributed by atoms with van der Waals surface area (Å²) in [5.74, 6) is -3.82. The van der Waals surface area contributed by atoms with Crippen LogP contribution >= 0.6 is 15.9 Å². The fourth-order valence-electron chi connectivity index (χ4n) is 5.39. The molecule has 4 rings (SSSR count). The molecule has 0 aliphatic carbocycles. The molecule has 2 saturated heterocycles. The molecule has 0 saturated carbocycles. The number of carboxylic acid groups (broad SMARTS) is 1. The molecule has 174 valence electrons. The van der Waals surface area contributed by atoms with E-state index in [0.717, 1.165) is 10.0 Å². The number of carboxylic acids is 1. The summed E-state index contributed by atoms with van der Waals surface area (Å²) in [6.45, 7) is 5.53. The second kappa shape index (κ2) is 8.57. The predicted octanol–water partition coefficient (Wildman–Crippen LogP) is 4.09. The number of benzene rings is 2. The van der Waals surface area contributed by atoms with Gasteiger partial charge in [0.25, 0.3) is 0 Å². The smallest absolute Gasteiger partial charge is 0.325 e. The van der Waals surface area contributed by atoms with Crippen molar-refractivity contribution < 1.29 is 24.2 Å². The van der Waals surface area contributed by atoms with Gasteiger partial charge >= 0.3 is 5.97 Å². The summed E-state index contributed by atoms with van der Waals surface area (Å²) in [5, 5.41) is 13.7. The van der Waals surface area contributed by atoms with Crippen LogP contribution in [-0.4, -0.2) is 35.5 Å². The number of hydrogen-bond acceptors (Lipinski definition) is 5. The van der Waals surface area contributed by atoms with Gasteiger partial charge in [-0.05, 0) is 42.7 Å². The maximum atomic E-state index is 13.9. The Morgan fingerprint density at radius 3 is 2.55 bits per heavy atom. The van der Waals surface area contributed by atoms with Gasteiger partial charge in [0.1, 0.15) is 11.3 Å². The molecule has 5 unspecified atom stereocenters. The van der Waals surface area contributed by atoms with Crippen molar-refractivity contribution in [3.8, 4) is 5.75 Å². The van der Waals surface area contributed by atoms with Crippen LogP contribution in [0.1, 0.15) is 37.4 Å². The number of aliphatic carboxylic acids is 1. The van der Waals surface area contributed by atoms with Gasteiger partial charge in [-0.2, -0.15) is 0 Å². The fourth-order valence-corrected chi connectivity index (χ4v) is 5.77. The van der Waals surface area contributed by atoms with Gasteiger partial charge in [0.2, 0.25) is 11.8 Å². The molecule has 2 aromatic carbocycles. The van der Waals surface area contributed by atoms with Crippen LogP contribution in [-0.2, 0) is 14.4 Å². The zero-order valence-corrected chi connectivity index (χ0v) is 20.5. The van der Waals surface area contributed by atoms with E-state index in [1.165, 1.54) is 12.0 Å². The third kappa shape index (κ3) is 3.38. The highest BCUT2D eigenvalue weighted by atomic mass is 79.9. The largest absolute Gasteiger partial charge is 0.496 e. The number of para-hydroxylation sites is 1. The summed E-state index contributed by atoms with van der Waals surface area (Å²) >= 11 is 3.47. The van der Waals surface area contributed by atoms with Crippen LogP contribution in [0.4, 0.5) is 5.69 Å². The number of methoxy groups -OCH3 is 1. The first-order valence-electron chi connectivity index (χ1n) is 11.0. The first-order chi connectivity index (χ1) is 15.7. The maximum Gasteiger partial charge on any atom is 0.325 e. The molecule has 2 aromatic rings. The zero-order chi connectivity index (χ0) is 24.1. The van der Waals surface area contributed by atoms with Crippen LogP contribution < -0.4 is 15.0 Å². The van der Waals surface area contributed by atoms with Crippen LogP contribution in [0.5, 0.6) is 5.75 Å². The molecule has 7 nitrogen and oxygen atoms in total. The Morgan fingerprint density at radius 1 is 1.24 bits per heavy atom. The van der Waals surface area contributed by atoms with Gasteiger partial charge in [-0.15, -0.1) is 0 Å². The molecular weight excluding hydrogens is 488 g/mol. The third-order valence-corrected chi connectivity index (χ3v) is 7.72. The van der Waals surface area contributed by atoms with Crippen molar-refractivity contribution >= 4 is 39.4 Å². The first kappa shape index (κ1) is 23.4. The normalized spacial score (nSPS) is 27.5. The number of rotatable bonds is 6. The molecule has 0 radical (unpaired) electrons. The molecular formula is C25H27BrN2O5. The van der Waals surface area contributed by atoms with Crippen LogP contribution in [0.3, 0.4) is 0 Å². The third-order valence-electron chi connectivity index (χ3n) is 7.22. The molecule has 2 aliphatic heterocycles. The quantitative estimate of drug-likeness (QED) is 0.563. The predicted molar refractivity (Wildman–Crippen MR) is 127 cm³/mol. The van der Waals surface area contributed by atoms with Gasteiger partial charge in [0, 0.05) is 16.1 Å².